The molecule has 0 bridgehead atoms. The van der Waals surface area contributed by atoms with E-state index >= 15 is 0 Å². The fourth-order valence-electron chi connectivity index (χ4n) is 1.24. The lowest BCUT2D eigenvalue weighted by molar-refractivity contribution is 0.281. The Morgan fingerprint density at radius 3 is 2.73 bits per heavy atom. The minimum Gasteiger partial charge on any atom is -0.314 e. The van der Waals surface area contributed by atoms with Crippen LogP contribution in [0.1, 0.15) is 26.2 Å². The van der Waals surface area contributed by atoms with E-state index in [1.165, 1.54) is 12.8 Å². The summed E-state index contributed by atoms with van der Waals surface area (Å²) in [6.45, 7) is 10.2. The quantitative estimate of drug-likeness (QED) is 0.610. The lowest BCUT2D eigenvalue weighted by Gasteiger charge is -2.25. The molecule has 0 amide bonds. The van der Waals surface area contributed by atoms with Crippen molar-refractivity contribution in [2.75, 3.05) is 26.2 Å². The summed E-state index contributed by atoms with van der Waals surface area (Å²) in [6, 6.07) is 0. The molecule has 1 aliphatic rings. The van der Waals surface area contributed by atoms with Gasteiger partial charge in [-0.15, -0.1) is 0 Å². The molecule has 1 fully saturated rings. The van der Waals surface area contributed by atoms with E-state index in [-0.39, 0.29) is 0 Å². The number of hydrogen-bond donors (Lipinski definition) is 1. The highest BCUT2D eigenvalue weighted by Gasteiger charge is 2.08. The molecule has 0 saturated carbocycles. The minimum atomic E-state index is 1.12. The minimum absolute atomic E-state index is 1.12. The Balaban J connectivity index is 1.96. The summed E-state index contributed by atoms with van der Waals surface area (Å²) < 4.78 is 0. The summed E-state index contributed by atoms with van der Waals surface area (Å²) in [6.07, 6.45) is 3.69. The Bertz CT molecular complexity index is 87.6. The largest absolute Gasteiger partial charge is 0.314 e. The van der Waals surface area contributed by atoms with Crippen molar-refractivity contribution in [3.05, 3.63) is 6.54 Å². The zero-order valence-electron chi connectivity index (χ0n) is 7.40. The van der Waals surface area contributed by atoms with E-state index in [0.29, 0.717) is 0 Å². The first-order valence-electron chi connectivity index (χ1n) is 4.62. The highest BCUT2D eigenvalue weighted by Crippen LogP contribution is 2.03. The van der Waals surface area contributed by atoms with Crippen molar-refractivity contribution in [3.8, 4) is 0 Å². The molecule has 0 aromatic carbocycles. The molecule has 1 rings (SSSR count). The predicted molar refractivity (Wildman–Crippen MR) is 47.2 cm³/mol. The molecule has 1 heterocycles. The van der Waals surface area contributed by atoms with Crippen LogP contribution in [-0.4, -0.2) is 31.1 Å². The SMILES string of the molecule is CCCC[C]N1CCNCC1. The second-order valence-corrected chi connectivity index (χ2v) is 3.00. The van der Waals surface area contributed by atoms with Crippen LogP contribution in [0.3, 0.4) is 0 Å². The van der Waals surface area contributed by atoms with Crippen molar-refractivity contribution in [1.82, 2.24) is 10.2 Å². The third kappa shape index (κ3) is 3.73. The second kappa shape index (κ2) is 5.56. The van der Waals surface area contributed by atoms with Gasteiger partial charge in [0, 0.05) is 26.2 Å². The van der Waals surface area contributed by atoms with E-state index in [2.05, 4.69) is 23.7 Å². The first-order chi connectivity index (χ1) is 5.43. The van der Waals surface area contributed by atoms with Gasteiger partial charge in [-0.05, 0) is 6.42 Å². The van der Waals surface area contributed by atoms with E-state index in [1.54, 1.807) is 0 Å². The lowest BCUT2D eigenvalue weighted by Crippen LogP contribution is -2.41. The van der Waals surface area contributed by atoms with Gasteiger partial charge >= 0.3 is 0 Å². The van der Waals surface area contributed by atoms with Crippen molar-refractivity contribution in [2.45, 2.75) is 26.2 Å². The predicted octanol–water partition coefficient (Wildman–Crippen LogP) is 1.12. The van der Waals surface area contributed by atoms with Gasteiger partial charge < -0.3 is 5.32 Å². The van der Waals surface area contributed by atoms with Gasteiger partial charge in [0.25, 0.3) is 0 Å². The number of piperazine rings is 1. The molecule has 2 radical (unpaired) electrons. The van der Waals surface area contributed by atoms with Crippen LogP contribution < -0.4 is 5.32 Å². The molecule has 0 aliphatic carbocycles. The monoisotopic (exact) mass is 154 g/mol. The Hall–Kier alpha value is -0.0800. The summed E-state index contributed by atoms with van der Waals surface area (Å²) in [7, 11) is 0. The average molecular weight is 154 g/mol. The van der Waals surface area contributed by atoms with Gasteiger partial charge in [-0.25, -0.2) is 0 Å². The van der Waals surface area contributed by atoms with Gasteiger partial charge in [-0.1, -0.05) is 19.8 Å². The van der Waals surface area contributed by atoms with Crippen LogP contribution in [0.4, 0.5) is 0 Å². The van der Waals surface area contributed by atoms with Gasteiger partial charge in [-0.2, -0.15) is 0 Å². The molecular weight excluding hydrogens is 136 g/mol. The van der Waals surface area contributed by atoms with Gasteiger partial charge in [0.1, 0.15) is 0 Å². The highest BCUT2D eigenvalue weighted by atomic mass is 15.2. The van der Waals surface area contributed by atoms with Crippen LogP contribution in [0, 0.1) is 6.54 Å². The molecular formula is C9H18N2. The van der Waals surface area contributed by atoms with Gasteiger partial charge in [0.05, 0.1) is 6.54 Å². The Kier molecular flexibility index (Phi) is 4.55. The van der Waals surface area contributed by atoms with Crippen molar-refractivity contribution in [3.63, 3.8) is 0 Å². The molecule has 2 nitrogen and oxygen atoms in total. The van der Waals surface area contributed by atoms with Crippen molar-refractivity contribution < 1.29 is 0 Å². The maximum atomic E-state index is 3.42. The number of nitrogens with one attached hydrogen (secondary N) is 1. The number of nitrogens with zero attached hydrogens (tertiary/aromatic N) is 1. The van der Waals surface area contributed by atoms with E-state index in [4.69, 9.17) is 0 Å². The van der Waals surface area contributed by atoms with E-state index in [1.807, 2.05) is 0 Å². The normalized spacial score (nSPS) is 20.5. The zero-order valence-corrected chi connectivity index (χ0v) is 7.40. The number of hydrogen-bond acceptors (Lipinski definition) is 2. The average Bonchev–Trinajstić information content (AvgIpc) is 2.07. The van der Waals surface area contributed by atoms with Crippen LogP contribution in [0.5, 0.6) is 0 Å². The maximum absolute atomic E-state index is 3.42. The van der Waals surface area contributed by atoms with E-state index in [9.17, 15) is 0 Å². The van der Waals surface area contributed by atoms with Crippen LogP contribution in [0.15, 0.2) is 0 Å². The van der Waals surface area contributed by atoms with Gasteiger partial charge in [0.15, 0.2) is 0 Å². The second-order valence-electron chi connectivity index (χ2n) is 3.00. The van der Waals surface area contributed by atoms with E-state index in [0.717, 1.165) is 32.6 Å². The molecule has 1 N–H and O–H groups in total. The zero-order chi connectivity index (χ0) is 7.94. The Morgan fingerprint density at radius 1 is 1.36 bits per heavy atom. The summed E-state index contributed by atoms with van der Waals surface area (Å²) in [4.78, 5) is 2.31. The van der Waals surface area contributed by atoms with Crippen molar-refractivity contribution in [1.29, 1.82) is 0 Å². The third-order valence-corrected chi connectivity index (χ3v) is 1.98. The van der Waals surface area contributed by atoms with Crippen molar-refractivity contribution in [2.24, 2.45) is 0 Å². The Labute approximate surface area is 70.0 Å². The van der Waals surface area contributed by atoms with Crippen LogP contribution in [0.2, 0.25) is 0 Å². The van der Waals surface area contributed by atoms with Crippen LogP contribution in [-0.2, 0) is 0 Å². The molecule has 1 saturated heterocycles. The van der Waals surface area contributed by atoms with Gasteiger partial charge in [0.2, 0.25) is 0 Å². The first kappa shape index (κ1) is 9.01. The smallest absolute Gasteiger partial charge is 0.0616 e. The fourth-order valence-corrected chi connectivity index (χ4v) is 1.24. The standard InChI is InChI=1S/C9H18N2/c1-2-3-4-7-11-8-5-10-6-9-11/h10H,2-6,8-9H2,1H3. The third-order valence-electron chi connectivity index (χ3n) is 1.98. The molecule has 0 aromatic heterocycles. The topological polar surface area (TPSA) is 15.3 Å². The highest BCUT2D eigenvalue weighted by molar-refractivity contribution is 4.74. The number of rotatable bonds is 4. The molecule has 64 valence electrons. The van der Waals surface area contributed by atoms with Crippen molar-refractivity contribution >= 4 is 0 Å². The number of unbranched alkanes of at least 4 members (excludes halogenated alkanes) is 2. The molecule has 0 aromatic rings. The fraction of sp³-hybridized carbons (Fsp3) is 0.889. The summed E-state index contributed by atoms with van der Waals surface area (Å²) in [5.41, 5.74) is 0. The molecule has 0 unspecified atom stereocenters. The molecule has 11 heavy (non-hydrogen) atoms. The van der Waals surface area contributed by atoms with E-state index < -0.39 is 0 Å². The molecule has 0 atom stereocenters. The maximum Gasteiger partial charge on any atom is 0.0616 e. The molecule has 1 aliphatic heterocycles. The summed E-state index contributed by atoms with van der Waals surface area (Å²) in [5.74, 6) is 0. The molecule has 0 spiro atoms. The summed E-state index contributed by atoms with van der Waals surface area (Å²) >= 11 is 0. The van der Waals surface area contributed by atoms with Crippen LogP contribution in [0.25, 0.3) is 0 Å². The molecule has 2 heteroatoms. The summed E-state index contributed by atoms with van der Waals surface area (Å²) in [5, 5.41) is 3.32. The lowest BCUT2D eigenvalue weighted by atomic mass is 10.2. The van der Waals surface area contributed by atoms with Crippen LogP contribution >= 0.6 is 0 Å². The first-order valence-corrected chi connectivity index (χ1v) is 4.62. The van der Waals surface area contributed by atoms with Gasteiger partial charge in [-0.3, -0.25) is 4.90 Å². The Morgan fingerprint density at radius 2 is 2.09 bits per heavy atom.